The summed E-state index contributed by atoms with van der Waals surface area (Å²) in [5.41, 5.74) is 2.95. The summed E-state index contributed by atoms with van der Waals surface area (Å²) in [6, 6.07) is 19.6. The highest BCUT2D eigenvalue weighted by Gasteiger charge is 2.04. The van der Waals surface area contributed by atoms with Crippen LogP contribution >= 0.6 is 23.4 Å². The number of methoxy groups -OCH3 is 1. The van der Waals surface area contributed by atoms with Crippen LogP contribution in [0.25, 0.3) is 11.3 Å². The van der Waals surface area contributed by atoms with Gasteiger partial charge in [-0.05, 0) is 48.0 Å². The van der Waals surface area contributed by atoms with Crippen molar-refractivity contribution in [2.45, 2.75) is 10.8 Å². The normalized spacial score (nSPS) is 10.5. The third-order valence-electron chi connectivity index (χ3n) is 3.36. The summed E-state index contributed by atoms with van der Waals surface area (Å²) < 4.78 is 5.16. The molecule has 0 bridgehead atoms. The molecular weight excluding hydrogens is 328 g/mol. The summed E-state index contributed by atoms with van der Waals surface area (Å²) in [7, 11) is 1.65. The molecule has 0 aliphatic rings. The second-order valence-corrected chi connectivity index (χ2v) is 6.27. The Bertz CT molecular complexity index is 776. The van der Waals surface area contributed by atoms with Crippen LogP contribution in [0.2, 0.25) is 5.02 Å². The van der Waals surface area contributed by atoms with Gasteiger partial charge in [-0.3, -0.25) is 0 Å². The highest BCUT2D eigenvalue weighted by Crippen LogP contribution is 2.26. The van der Waals surface area contributed by atoms with Crippen LogP contribution in [0.3, 0.4) is 0 Å². The molecule has 116 valence electrons. The molecule has 3 nitrogen and oxygen atoms in total. The number of benzene rings is 2. The van der Waals surface area contributed by atoms with E-state index in [1.165, 1.54) is 0 Å². The van der Waals surface area contributed by atoms with Gasteiger partial charge in [-0.15, -0.1) is 10.2 Å². The minimum Gasteiger partial charge on any atom is -0.497 e. The van der Waals surface area contributed by atoms with Gasteiger partial charge in [-0.25, -0.2) is 0 Å². The van der Waals surface area contributed by atoms with E-state index in [9.17, 15) is 0 Å². The minimum absolute atomic E-state index is 0.774. The molecule has 2 aromatic carbocycles. The summed E-state index contributed by atoms with van der Waals surface area (Å²) in [6.45, 7) is 0. The molecule has 23 heavy (non-hydrogen) atoms. The van der Waals surface area contributed by atoms with Crippen LogP contribution in [0, 0.1) is 0 Å². The second kappa shape index (κ2) is 7.49. The van der Waals surface area contributed by atoms with Gasteiger partial charge >= 0.3 is 0 Å². The van der Waals surface area contributed by atoms with Gasteiger partial charge in [0.05, 0.1) is 12.8 Å². The van der Waals surface area contributed by atoms with Crippen LogP contribution in [-0.2, 0) is 5.75 Å². The first kappa shape index (κ1) is 15.8. The van der Waals surface area contributed by atoms with Crippen molar-refractivity contribution in [1.82, 2.24) is 10.2 Å². The summed E-state index contributed by atoms with van der Waals surface area (Å²) in [6.07, 6.45) is 0. The van der Waals surface area contributed by atoms with Crippen molar-refractivity contribution in [1.29, 1.82) is 0 Å². The number of hydrogen-bond donors (Lipinski definition) is 0. The molecule has 1 heterocycles. The van der Waals surface area contributed by atoms with E-state index in [1.807, 2.05) is 60.7 Å². The average Bonchev–Trinajstić information content (AvgIpc) is 2.62. The fourth-order valence-electron chi connectivity index (χ4n) is 2.08. The highest BCUT2D eigenvalue weighted by molar-refractivity contribution is 7.98. The zero-order chi connectivity index (χ0) is 16.1. The molecule has 0 spiro atoms. The third-order valence-corrected chi connectivity index (χ3v) is 4.70. The largest absolute Gasteiger partial charge is 0.497 e. The van der Waals surface area contributed by atoms with Gasteiger partial charge in [-0.1, -0.05) is 41.6 Å². The standard InChI is InChI=1S/C18H15ClN2OS/c1-22-15-8-6-13(7-9-15)17-10-11-18(21-20-17)23-12-14-4-2-3-5-16(14)19/h2-11H,12H2,1H3. The molecule has 0 unspecified atom stereocenters. The molecule has 0 aliphatic heterocycles. The lowest BCUT2D eigenvalue weighted by Gasteiger charge is -2.05. The molecule has 0 amide bonds. The Morgan fingerprint density at radius 1 is 0.957 bits per heavy atom. The van der Waals surface area contributed by atoms with E-state index >= 15 is 0 Å². The Labute approximate surface area is 144 Å². The van der Waals surface area contributed by atoms with Crippen LogP contribution in [0.4, 0.5) is 0 Å². The summed E-state index contributed by atoms with van der Waals surface area (Å²) in [4.78, 5) is 0. The summed E-state index contributed by atoms with van der Waals surface area (Å²) >= 11 is 7.78. The number of aromatic nitrogens is 2. The topological polar surface area (TPSA) is 35.0 Å². The van der Waals surface area contributed by atoms with Crippen molar-refractivity contribution in [3.8, 4) is 17.0 Å². The average molecular weight is 343 g/mol. The molecule has 0 saturated carbocycles. The van der Waals surface area contributed by atoms with Crippen molar-refractivity contribution < 1.29 is 4.74 Å². The van der Waals surface area contributed by atoms with Crippen LogP contribution < -0.4 is 4.74 Å². The number of hydrogen-bond acceptors (Lipinski definition) is 4. The predicted molar refractivity (Wildman–Crippen MR) is 95.0 cm³/mol. The number of nitrogens with zero attached hydrogens (tertiary/aromatic N) is 2. The van der Waals surface area contributed by atoms with Crippen molar-refractivity contribution in [2.75, 3.05) is 7.11 Å². The Morgan fingerprint density at radius 2 is 1.74 bits per heavy atom. The summed E-state index contributed by atoms with van der Waals surface area (Å²) in [5, 5.41) is 10.2. The monoisotopic (exact) mass is 342 g/mol. The van der Waals surface area contributed by atoms with Crippen molar-refractivity contribution in [2.24, 2.45) is 0 Å². The van der Waals surface area contributed by atoms with Gasteiger partial charge < -0.3 is 4.74 Å². The third kappa shape index (κ3) is 4.03. The van der Waals surface area contributed by atoms with Crippen LogP contribution in [0.1, 0.15) is 5.56 Å². The Kier molecular flexibility index (Phi) is 5.16. The molecule has 0 radical (unpaired) electrons. The Balaban J connectivity index is 1.68. The first-order valence-electron chi connectivity index (χ1n) is 7.10. The quantitative estimate of drug-likeness (QED) is 0.604. The smallest absolute Gasteiger partial charge is 0.119 e. The predicted octanol–water partition coefficient (Wildman–Crippen LogP) is 5.10. The molecular formula is C18H15ClN2OS. The highest BCUT2D eigenvalue weighted by atomic mass is 35.5. The fourth-order valence-corrected chi connectivity index (χ4v) is 3.18. The van der Waals surface area contributed by atoms with Gasteiger partial charge in [-0.2, -0.15) is 0 Å². The first-order valence-corrected chi connectivity index (χ1v) is 8.47. The SMILES string of the molecule is COc1ccc(-c2ccc(SCc3ccccc3Cl)nn2)cc1. The molecule has 3 rings (SSSR count). The van der Waals surface area contributed by atoms with Crippen LogP contribution in [-0.4, -0.2) is 17.3 Å². The minimum atomic E-state index is 0.774. The molecule has 5 heteroatoms. The Hall–Kier alpha value is -2.04. The lowest BCUT2D eigenvalue weighted by atomic mass is 10.1. The Morgan fingerprint density at radius 3 is 2.39 bits per heavy atom. The van der Waals surface area contributed by atoms with Crippen LogP contribution in [0.5, 0.6) is 5.75 Å². The zero-order valence-corrected chi connectivity index (χ0v) is 14.1. The van der Waals surface area contributed by atoms with E-state index in [1.54, 1.807) is 18.9 Å². The van der Waals surface area contributed by atoms with Gasteiger partial charge in [0.25, 0.3) is 0 Å². The number of ether oxygens (including phenoxy) is 1. The lowest BCUT2D eigenvalue weighted by Crippen LogP contribution is -1.91. The van der Waals surface area contributed by atoms with E-state index in [4.69, 9.17) is 16.3 Å². The van der Waals surface area contributed by atoms with Crippen molar-refractivity contribution >= 4 is 23.4 Å². The fraction of sp³-hybridized carbons (Fsp3) is 0.111. The maximum absolute atomic E-state index is 6.16. The van der Waals surface area contributed by atoms with Gasteiger partial charge in [0.1, 0.15) is 10.8 Å². The van der Waals surface area contributed by atoms with E-state index < -0.39 is 0 Å². The molecule has 3 aromatic rings. The molecule has 0 saturated heterocycles. The maximum atomic E-state index is 6.16. The molecule has 0 aliphatic carbocycles. The van der Waals surface area contributed by atoms with E-state index in [0.29, 0.717) is 0 Å². The van der Waals surface area contributed by atoms with Crippen LogP contribution in [0.15, 0.2) is 65.7 Å². The van der Waals surface area contributed by atoms with Gasteiger partial charge in [0, 0.05) is 16.3 Å². The van der Waals surface area contributed by atoms with Crippen molar-refractivity contribution in [3.05, 3.63) is 71.2 Å². The molecule has 1 aromatic heterocycles. The zero-order valence-electron chi connectivity index (χ0n) is 12.6. The lowest BCUT2D eigenvalue weighted by molar-refractivity contribution is 0.415. The maximum Gasteiger partial charge on any atom is 0.119 e. The van der Waals surface area contributed by atoms with E-state index in [0.717, 1.165) is 38.4 Å². The molecule has 0 fully saturated rings. The van der Waals surface area contributed by atoms with E-state index in [-0.39, 0.29) is 0 Å². The number of rotatable bonds is 5. The van der Waals surface area contributed by atoms with Gasteiger partial charge in [0.2, 0.25) is 0 Å². The second-order valence-electron chi connectivity index (χ2n) is 4.87. The number of thioether (sulfide) groups is 1. The first-order chi connectivity index (χ1) is 11.3. The van der Waals surface area contributed by atoms with E-state index in [2.05, 4.69) is 10.2 Å². The number of halogens is 1. The van der Waals surface area contributed by atoms with Gasteiger partial charge in [0.15, 0.2) is 0 Å². The van der Waals surface area contributed by atoms with Crippen molar-refractivity contribution in [3.63, 3.8) is 0 Å². The molecule has 0 N–H and O–H groups in total. The molecule has 0 atom stereocenters. The summed E-state index contributed by atoms with van der Waals surface area (Å²) in [5.74, 6) is 1.60.